The van der Waals surface area contributed by atoms with Gasteiger partial charge in [-0.1, -0.05) is 36.8 Å². The molecule has 0 fully saturated rings. The van der Waals surface area contributed by atoms with Crippen LogP contribution in [0.5, 0.6) is 11.5 Å². The number of nitrogens with zero attached hydrogens (tertiary/aromatic N) is 4. The number of aryl methyl sites for hydroxylation is 3. The van der Waals surface area contributed by atoms with E-state index in [0.717, 1.165) is 45.3 Å². The van der Waals surface area contributed by atoms with Crippen LogP contribution in [0.2, 0.25) is 0 Å². The highest BCUT2D eigenvalue weighted by Crippen LogP contribution is 2.44. The van der Waals surface area contributed by atoms with Gasteiger partial charge in [0, 0.05) is 51.5 Å². The second-order valence-electron chi connectivity index (χ2n) is 12.7. The number of benzene rings is 3. The summed E-state index contributed by atoms with van der Waals surface area (Å²) in [7, 11) is 0. The first kappa shape index (κ1) is 29.4. The number of rotatable bonds is 6. The molecule has 0 amide bonds. The molecule has 6 aromatic rings. The molecule has 5 nitrogen and oxygen atoms in total. The van der Waals surface area contributed by atoms with Gasteiger partial charge in [0.2, 0.25) is 0 Å². The second kappa shape index (κ2) is 11.6. The lowest BCUT2D eigenvalue weighted by molar-refractivity contribution is 0.453. The van der Waals surface area contributed by atoms with Gasteiger partial charge in [-0.25, -0.2) is 9.67 Å². The van der Waals surface area contributed by atoms with E-state index in [4.69, 9.17) is 14.8 Å². The number of fused-ring (bicyclic) bond motifs is 3. The Hall–Kier alpha value is -4.29. The Bertz CT molecular complexity index is 2100. The summed E-state index contributed by atoms with van der Waals surface area (Å²) >= 11 is 1.95. The summed E-state index contributed by atoms with van der Waals surface area (Å²) in [5, 5.41) is 8.05. The first-order valence-corrected chi connectivity index (χ1v) is 17.0. The van der Waals surface area contributed by atoms with Gasteiger partial charge in [0.05, 0.1) is 22.4 Å². The van der Waals surface area contributed by atoms with Crippen LogP contribution in [0.15, 0.2) is 90.6 Å². The zero-order chi connectivity index (χ0) is 31.4. The molecule has 3 atom stereocenters. The second-order valence-corrected chi connectivity index (χ2v) is 13.8. The Kier molecular flexibility index (Phi) is 7.57. The average molecular weight is 613 g/mol. The maximum atomic E-state index is 6.61. The molecule has 0 radical (unpaired) electrons. The fourth-order valence-electron chi connectivity index (χ4n) is 7.40. The molecule has 6 heteroatoms. The van der Waals surface area contributed by atoms with Crippen LogP contribution in [0.1, 0.15) is 54.3 Å². The van der Waals surface area contributed by atoms with Gasteiger partial charge >= 0.3 is 0 Å². The van der Waals surface area contributed by atoms with Crippen LogP contribution in [0.4, 0.5) is 0 Å². The van der Waals surface area contributed by atoms with E-state index in [0.29, 0.717) is 17.1 Å². The minimum atomic E-state index is 0.393. The maximum Gasteiger partial charge on any atom is 0.137 e. The number of pyridine rings is 1. The minimum Gasteiger partial charge on any atom is -0.457 e. The summed E-state index contributed by atoms with van der Waals surface area (Å²) in [4.78, 5) is 4.73. The van der Waals surface area contributed by atoms with Crippen LogP contribution in [-0.2, 0) is 0 Å². The zero-order valence-corrected chi connectivity index (χ0v) is 27.9. The molecule has 228 valence electrons. The fraction of sp³-hybridized carbons (Fsp3) is 0.282. The van der Waals surface area contributed by atoms with Gasteiger partial charge in [0.15, 0.2) is 0 Å². The SMILES string of the molecule is CSC1C=C(C)[C@@H](c2c(C)nn(-c3cc(C)cc(Oc4ccc5c6ccccc6n(-c6cc(C)ccn6)c5c4)c3)c2C)[C@@H](C)C1. The molecule has 3 aromatic heterocycles. The number of hydrogen-bond donors (Lipinski definition) is 0. The first-order valence-electron chi connectivity index (χ1n) is 15.7. The molecule has 7 rings (SSSR count). The maximum absolute atomic E-state index is 6.61. The summed E-state index contributed by atoms with van der Waals surface area (Å²) in [6, 6.07) is 25.4. The van der Waals surface area contributed by atoms with Gasteiger partial charge in [0.1, 0.15) is 17.3 Å². The molecule has 0 saturated carbocycles. The van der Waals surface area contributed by atoms with E-state index >= 15 is 0 Å². The fourth-order valence-corrected chi connectivity index (χ4v) is 8.24. The molecule has 0 spiro atoms. The smallest absolute Gasteiger partial charge is 0.137 e. The quantitative estimate of drug-likeness (QED) is 0.176. The third-order valence-electron chi connectivity index (χ3n) is 9.36. The lowest BCUT2D eigenvalue weighted by Gasteiger charge is -2.33. The van der Waals surface area contributed by atoms with Crippen molar-refractivity contribution in [3.05, 3.63) is 119 Å². The van der Waals surface area contributed by atoms with Crippen molar-refractivity contribution in [2.75, 3.05) is 6.26 Å². The molecule has 1 aliphatic carbocycles. The van der Waals surface area contributed by atoms with Crippen LogP contribution >= 0.6 is 11.8 Å². The molecule has 0 bridgehead atoms. The summed E-state index contributed by atoms with van der Waals surface area (Å²) in [5.41, 5.74) is 10.6. The van der Waals surface area contributed by atoms with Crippen LogP contribution in [0.25, 0.3) is 33.3 Å². The predicted molar refractivity (Wildman–Crippen MR) is 189 cm³/mol. The summed E-state index contributed by atoms with van der Waals surface area (Å²) in [6.07, 6.45) is 7.75. The molecular formula is C39H40N4OS. The van der Waals surface area contributed by atoms with Crippen molar-refractivity contribution >= 4 is 33.6 Å². The van der Waals surface area contributed by atoms with Crippen molar-refractivity contribution in [2.45, 2.75) is 59.1 Å². The third-order valence-corrected chi connectivity index (χ3v) is 10.3. The van der Waals surface area contributed by atoms with Gasteiger partial charge in [-0.15, -0.1) is 0 Å². The van der Waals surface area contributed by atoms with E-state index < -0.39 is 0 Å². The largest absolute Gasteiger partial charge is 0.457 e. The highest BCUT2D eigenvalue weighted by molar-refractivity contribution is 7.99. The Labute approximate surface area is 269 Å². The van der Waals surface area contributed by atoms with E-state index in [1.54, 1.807) is 0 Å². The van der Waals surface area contributed by atoms with Crippen LogP contribution in [-0.4, -0.2) is 30.8 Å². The Morgan fingerprint density at radius 1 is 0.822 bits per heavy atom. The topological polar surface area (TPSA) is 44.9 Å². The van der Waals surface area contributed by atoms with E-state index in [1.165, 1.54) is 39.6 Å². The molecule has 0 saturated heterocycles. The van der Waals surface area contributed by atoms with Gasteiger partial charge < -0.3 is 4.74 Å². The number of thioether (sulfide) groups is 1. The summed E-state index contributed by atoms with van der Waals surface area (Å²) < 4.78 is 10.9. The van der Waals surface area contributed by atoms with Crippen LogP contribution in [0.3, 0.4) is 0 Å². The monoisotopic (exact) mass is 612 g/mol. The van der Waals surface area contributed by atoms with E-state index in [9.17, 15) is 0 Å². The van der Waals surface area contributed by atoms with Crippen molar-refractivity contribution in [1.29, 1.82) is 0 Å². The highest BCUT2D eigenvalue weighted by atomic mass is 32.2. The Balaban J connectivity index is 1.27. The summed E-state index contributed by atoms with van der Waals surface area (Å²) in [5.74, 6) is 3.44. The normalized spacial score (nSPS) is 18.5. The highest BCUT2D eigenvalue weighted by Gasteiger charge is 2.32. The molecule has 0 aliphatic heterocycles. The van der Waals surface area contributed by atoms with Crippen LogP contribution < -0.4 is 4.74 Å². The van der Waals surface area contributed by atoms with Gasteiger partial charge in [-0.2, -0.15) is 16.9 Å². The van der Waals surface area contributed by atoms with Crippen molar-refractivity contribution < 1.29 is 4.74 Å². The molecule has 0 N–H and O–H groups in total. The van der Waals surface area contributed by atoms with Crippen molar-refractivity contribution in [3.63, 3.8) is 0 Å². The lowest BCUT2D eigenvalue weighted by atomic mass is 9.75. The molecule has 1 aliphatic rings. The summed E-state index contributed by atoms with van der Waals surface area (Å²) in [6.45, 7) is 13.3. The number of ether oxygens (including phenoxy) is 1. The van der Waals surface area contributed by atoms with E-state index in [1.807, 2.05) is 24.0 Å². The number of allylic oxidation sites excluding steroid dienone is 1. The zero-order valence-electron chi connectivity index (χ0n) is 27.1. The van der Waals surface area contributed by atoms with Crippen molar-refractivity contribution in [2.24, 2.45) is 5.92 Å². The number of para-hydroxylation sites is 1. The molecule has 3 aromatic carbocycles. The minimum absolute atomic E-state index is 0.393. The Morgan fingerprint density at radius 2 is 1.62 bits per heavy atom. The lowest BCUT2D eigenvalue weighted by Crippen LogP contribution is -2.22. The van der Waals surface area contributed by atoms with Crippen molar-refractivity contribution in [1.82, 2.24) is 19.3 Å². The average Bonchev–Trinajstić information content (AvgIpc) is 3.49. The van der Waals surface area contributed by atoms with Gasteiger partial charge in [-0.05, 0) is 107 Å². The molecular weight excluding hydrogens is 573 g/mol. The van der Waals surface area contributed by atoms with Crippen LogP contribution in [0, 0.1) is 33.6 Å². The van der Waals surface area contributed by atoms with Gasteiger partial charge in [0.25, 0.3) is 0 Å². The molecule has 45 heavy (non-hydrogen) atoms. The van der Waals surface area contributed by atoms with E-state index in [2.05, 4.69) is 130 Å². The Morgan fingerprint density at radius 3 is 2.40 bits per heavy atom. The molecule has 3 heterocycles. The predicted octanol–water partition coefficient (Wildman–Crippen LogP) is 10.2. The van der Waals surface area contributed by atoms with E-state index in [-0.39, 0.29) is 0 Å². The van der Waals surface area contributed by atoms with Gasteiger partial charge in [-0.3, -0.25) is 4.57 Å². The number of aromatic nitrogens is 4. The molecule has 1 unspecified atom stereocenters. The standard InChI is InChI=1S/C39H40N4OS/c1-23-14-15-40-37(18-23)42-35-11-9-8-10-33(35)34-13-12-30(22-36(34)42)44-31-17-24(2)16-29(21-31)43-28(6)39(27(5)41-43)38-25(3)19-32(45-7)20-26(38)4/h8-19,21-22,26,32,38H,20H2,1-7H3/t26-,32?,38+/m0/s1. The van der Waals surface area contributed by atoms with Crippen molar-refractivity contribution in [3.8, 4) is 23.0 Å². The number of hydrogen-bond acceptors (Lipinski definition) is 4. The first-order chi connectivity index (χ1) is 21.7. The third kappa shape index (κ3) is 5.25.